The van der Waals surface area contributed by atoms with Crippen molar-refractivity contribution in [1.29, 1.82) is 0 Å². The Balaban J connectivity index is 1.50. The molecular formula is C30H32F2N4O5. The lowest BCUT2D eigenvalue weighted by Gasteiger charge is -2.30. The minimum absolute atomic E-state index is 0.0223. The van der Waals surface area contributed by atoms with Gasteiger partial charge in [-0.3, -0.25) is 4.90 Å². The molecule has 2 aliphatic rings. The average Bonchev–Trinajstić information content (AvgIpc) is 3.42. The number of aliphatic hydroxyl groups is 1. The molecule has 2 aromatic carbocycles. The first kappa shape index (κ1) is 27.3. The third kappa shape index (κ3) is 4.97. The van der Waals surface area contributed by atoms with Crippen LogP contribution in [0.25, 0.3) is 33.0 Å². The number of aromatic hydroxyl groups is 1. The standard InChI is InChI=1S/C30H32F2N4O5/c1-16-24-23(27(38)41-25(16)20-11-19(37)10-17-6-4-7-21(32)22(17)20)26(33-14-29(2,3)39)35-28(34-24)40-15-30-8-5-9-36(30)13-18(31)12-30/h4,6-7,10-11,18,37,39H,5,8-9,12-15H2,1-3H3,(H,33,34,35)/t18-,30+/m1/s1. The highest BCUT2D eigenvalue weighted by Crippen LogP contribution is 2.41. The van der Waals surface area contributed by atoms with Gasteiger partial charge in [0.2, 0.25) is 0 Å². The predicted octanol–water partition coefficient (Wildman–Crippen LogP) is 4.69. The van der Waals surface area contributed by atoms with Crippen molar-refractivity contribution in [2.45, 2.75) is 57.3 Å². The van der Waals surface area contributed by atoms with Gasteiger partial charge in [-0.05, 0) is 63.7 Å². The van der Waals surface area contributed by atoms with E-state index in [0.717, 1.165) is 19.4 Å². The molecule has 6 rings (SSSR count). The first-order valence-electron chi connectivity index (χ1n) is 13.7. The number of aryl methyl sites for hydroxylation is 1. The summed E-state index contributed by atoms with van der Waals surface area (Å²) in [6, 6.07) is 7.23. The molecule has 2 fully saturated rings. The van der Waals surface area contributed by atoms with Gasteiger partial charge in [0.1, 0.15) is 41.3 Å². The number of hydrogen-bond donors (Lipinski definition) is 3. The van der Waals surface area contributed by atoms with Crippen molar-refractivity contribution in [2.75, 3.05) is 31.6 Å². The molecule has 2 saturated heterocycles. The van der Waals surface area contributed by atoms with E-state index in [0.29, 0.717) is 23.9 Å². The fraction of sp³-hybridized carbons (Fsp3) is 0.433. The Bertz CT molecular complexity index is 1720. The molecule has 9 nitrogen and oxygen atoms in total. The zero-order valence-corrected chi connectivity index (χ0v) is 23.1. The Morgan fingerprint density at radius 1 is 1.27 bits per heavy atom. The fourth-order valence-corrected chi connectivity index (χ4v) is 6.18. The number of halogens is 2. The molecule has 0 amide bonds. The van der Waals surface area contributed by atoms with Crippen LogP contribution in [0.5, 0.6) is 11.8 Å². The molecule has 2 atom stereocenters. The maximum atomic E-state index is 15.0. The second-order valence-corrected chi connectivity index (χ2v) is 11.8. The smallest absolute Gasteiger partial charge is 0.349 e. The van der Waals surface area contributed by atoms with Gasteiger partial charge in [0.15, 0.2) is 0 Å². The van der Waals surface area contributed by atoms with Crippen LogP contribution in [0, 0.1) is 12.7 Å². The first-order valence-corrected chi connectivity index (χ1v) is 13.7. The molecule has 4 aromatic rings. The number of phenols is 1. The number of nitrogens with one attached hydrogen (secondary N) is 1. The zero-order valence-electron chi connectivity index (χ0n) is 23.1. The molecule has 0 radical (unpaired) electrons. The Kier molecular flexibility index (Phi) is 6.61. The van der Waals surface area contributed by atoms with Crippen LogP contribution in [-0.4, -0.2) is 68.6 Å². The van der Waals surface area contributed by atoms with Gasteiger partial charge in [-0.1, -0.05) is 12.1 Å². The number of ether oxygens (including phenoxy) is 1. The summed E-state index contributed by atoms with van der Waals surface area (Å²) in [6.07, 6.45) is 1.19. The Morgan fingerprint density at radius 2 is 2.07 bits per heavy atom. The van der Waals surface area contributed by atoms with Crippen LogP contribution in [0.2, 0.25) is 0 Å². The maximum absolute atomic E-state index is 15.0. The van der Waals surface area contributed by atoms with E-state index >= 15 is 4.39 Å². The third-order valence-electron chi connectivity index (χ3n) is 8.06. The molecule has 0 saturated carbocycles. The van der Waals surface area contributed by atoms with Gasteiger partial charge in [-0.2, -0.15) is 9.97 Å². The number of anilines is 1. The van der Waals surface area contributed by atoms with Gasteiger partial charge in [-0.25, -0.2) is 13.6 Å². The number of nitrogens with zero attached hydrogens (tertiary/aromatic N) is 3. The molecule has 2 aliphatic heterocycles. The monoisotopic (exact) mass is 566 g/mol. The Labute approximate surface area is 234 Å². The Morgan fingerprint density at radius 3 is 2.85 bits per heavy atom. The number of phenolic OH excluding ortho intramolecular Hbond substituents is 1. The summed E-state index contributed by atoms with van der Waals surface area (Å²) >= 11 is 0. The minimum atomic E-state index is -1.13. The van der Waals surface area contributed by atoms with E-state index in [-0.39, 0.29) is 58.3 Å². The third-order valence-corrected chi connectivity index (χ3v) is 8.06. The van der Waals surface area contributed by atoms with Gasteiger partial charge < -0.3 is 24.7 Å². The number of benzene rings is 2. The first-order chi connectivity index (χ1) is 19.4. The van der Waals surface area contributed by atoms with E-state index in [1.807, 2.05) is 0 Å². The van der Waals surface area contributed by atoms with Crippen LogP contribution in [-0.2, 0) is 0 Å². The molecule has 4 heterocycles. The van der Waals surface area contributed by atoms with Gasteiger partial charge in [0.05, 0.1) is 16.7 Å². The number of alkyl halides is 1. The number of rotatable bonds is 7. The highest BCUT2D eigenvalue weighted by atomic mass is 19.1. The van der Waals surface area contributed by atoms with Crippen LogP contribution < -0.4 is 15.7 Å². The molecule has 41 heavy (non-hydrogen) atoms. The predicted molar refractivity (Wildman–Crippen MR) is 151 cm³/mol. The normalized spacial score (nSPS) is 21.1. The van der Waals surface area contributed by atoms with Crippen molar-refractivity contribution >= 4 is 27.5 Å². The average molecular weight is 567 g/mol. The summed E-state index contributed by atoms with van der Waals surface area (Å²) in [5.74, 6) is -0.508. The second kappa shape index (κ2) is 9.92. The van der Waals surface area contributed by atoms with Crippen molar-refractivity contribution in [2.24, 2.45) is 0 Å². The summed E-state index contributed by atoms with van der Waals surface area (Å²) in [5.41, 5.74) is -1.54. The van der Waals surface area contributed by atoms with E-state index in [2.05, 4.69) is 20.2 Å². The molecule has 0 spiro atoms. The fourth-order valence-electron chi connectivity index (χ4n) is 6.18. The van der Waals surface area contributed by atoms with Crippen LogP contribution in [0.4, 0.5) is 14.6 Å². The molecule has 11 heteroatoms. The molecule has 0 bridgehead atoms. The lowest BCUT2D eigenvalue weighted by atomic mass is 9.95. The van der Waals surface area contributed by atoms with Crippen LogP contribution in [0.3, 0.4) is 0 Å². The highest BCUT2D eigenvalue weighted by molar-refractivity contribution is 6.00. The zero-order chi connectivity index (χ0) is 29.1. The number of fused-ring (bicyclic) bond motifs is 3. The number of aromatic nitrogens is 2. The van der Waals surface area contributed by atoms with Gasteiger partial charge in [-0.15, -0.1) is 0 Å². The topological polar surface area (TPSA) is 121 Å². The molecule has 2 aromatic heterocycles. The van der Waals surface area contributed by atoms with E-state index in [1.165, 1.54) is 24.3 Å². The lowest BCUT2D eigenvalue weighted by molar-refractivity contribution is 0.0943. The van der Waals surface area contributed by atoms with Crippen LogP contribution >= 0.6 is 0 Å². The molecule has 0 aliphatic carbocycles. The van der Waals surface area contributed by atoms with Gasteiger partial charge in [0, 0.05) is 36.0 Å². The van der Waals surface area contributed by atoms with Crippen molar-refractivity contribution in [1.82, 2.24) is 14.9 Å². The second-order valence-electron chi connectivity index (χ2n) is 11.8. The molecule has 0 unspecified atom stereocenters. The van der Waals surface area contributed by atoms with E-state index in [9.17, 15) is 19.4 Å². The summed E-state index contributed by atoms with van der Waals surface area (Å²) in [4.78, 5) is 24.6. The van der Waals surface area contributed by atoms with Crippen molar-refractivity contribution in [3.8, 4) is 23.1 Å². The molecule has 3 N–H and O–H groups in total. The highest BCUT2D eigenvalue weighted by Gasteiger charge is 2.49. The SMILES string of the molecule is Cc1c(-c2cc(O)cc3cccc(F)c23)oc(=O)c2c(NCC(C)(C)O)nc(OC[C@@]34CCCN3C[C@H](F)C4)nc12. The molecule has 216 valence electrons. The van der Waals surface area contributed by atoms with Crippen molar-refractivity contribution in [3.63, 3.8) is 0 Å². The largest absolute Gasteiger partial charge is 0.508 e. The quantitative estimate of drug-likeness (QED) is 0.292. The summed E-state index contributed by atoms with van der Waals surface area (Å²) in [7, 11) is 0. The summed E-state index contributed by atoms with van der Waals surface area (Å²) in [6.45, 7) is 6.31. The lowest BCUT2D eigenvalue weighted by Crippen LogP contribution is -2.43. The van der Waals surface area contributed by atoms with E-state index in [4.69, 9.17) is 9.15 Å². The van der Waals surface area contributed by atoms with Crippen LogP contribution in [0.1, 0.15) is 38.7 Å². The van der Waals surface area contributed by atoms with Gasteiger partial charge in [0.25, 0.3) is 0 Å². The van der Waals surface area contributed by atoms with Crippen molar-refractivity contribution < 1.29 is 28.1 Å². The van der Waals surface area contributed by atoms with Crippen LogP contribution in [0.15, 0.2) is 39.5 Å². The summed E-state index contributed by atoms with van der Waals surface area (Å²) in [5, 5.41) is 24.4. The minimum Gasteiger partial charge on any atom is -0.508 e. The maximum Gasteiger partial charge on any atom is 0.349 e. The van der Waals surface area contributed by atoms with E-state index < -0.39 is 28.8 Å². The summed E-state index contributed by atoms with van der Waals surface area (Å²) < 4.78 is 41.2. The van der Waals surface area contributed by atoms with Crippen molar-refractivity contribution in [3.05, 3.63) is 52.1 Å². The molecular weight excluding hydrogens is 534 g/mol. The Hall–Kier alpha value is -3.83. The van der Waals surface area contributed by atoms with E-state index in [1.54, 1.807) is 26.8 Å². The number of hydrogen-bond acceptors (Lipinski definition) is 9. The van der Waals surface area contributed by atoms with Gasteiger partial charge >= 0.3 is 11.6 Å².